The van der Waals surface area contributed by atoms with Crippen LogP contribution in [0.4, 0.5) is 20.2 Å². The molecule has 5 nitrogen and oxygen atoms in total. The van der Waals surface area contributed by atoms with Gasteiger partial charge in [-0.05, 0) is 37.7 Å². The molecule has 0 aliphatic carbocycles. The number of nitrogens with zero attached hydrogens (tertiary/aromatic N) is 1. The third kappa shape index (κ3) is 5.64. The standard InChI is InChI=1S/C19H19Cl2F2N3O2/c1-3-26(10-17(27)25-18-13(20)5-4-6-14(18)21)11(2)19(28)24-12-7-8-15(22)16(23)9-12/h4-9,11H,3,10H2,1-2H3,(H,24,28)(H,25,27). The van der Waals surface area contributed by atoms with Crippen LogP contribution in [0.5, 0.6) is 0 Å². The summed E-state index contributed by atoms with van der Waals surface area (Å²) in [6.07, 6.45) is 0. The molecule has 0 saturated heterocycles. The molecule has 0 spiro atoms. The van der Waals surface area contributed by atoms with E-state index in [1.54, 1.807) is 36.9 Å². The molecule has 2 N–H and O–H groups in total. The minimum Gasteiger partial charge on any atom is -0.325 e. The van der Waals surface area contributed by atoms with Gasteiger partial charge in [0.15, 0.2) is 11.6 Å². The Labute approximate surface area is 171 Å². The van der Waals surface area contributed by atoms with E-state index in [1.165, 1.54) is 6.07 Å². The number of anilines is 2. The monoisotopic (exact) mass is 429 g/mol. The van der Waals surface area contributed by atoms with Crippen LogP contribution >= 0.6 is 23.2 Å². The summed E-state index contributed by atoms with van der Waals surface area (Å²) in [5, 5.41) is 5.74. The van der Waals surface area contributed by atoms with Gasteiger partial charge in [0.1, 0.15) is 0 Å². The van der Waals surface area contributed by atoms with E-state index in [0.29, 0.717) is 22.3 Å². The number of benzene rings is 2. The molecular weight excluding hydrogens is 411 g/mol. The first-order valence-corrected chi connectivity index (χ1v) is 9.22. The largest absolute Gasteiger partial charge is 0.325 e. The Morgan fingerprint density at radius 3 is 2.29 bits per heavy atom. The van der Waals surface area contributed by atoms with Gasteiger partial charge in [-0.25, -0.2) is 8.78 Å². The highest BCUT2D eigenvalue weighted by molar-refractivity contribution is 6.39. The zero-order valence-electron chi connectivity index (χ0n) is 15.2. The van der Waals surface area contributed by atoms with Crippen molar-refractivity contribution in [3.8, 4) is 0 Å². The quantitative estimate of drug-likeness (QED) is 0.677. The molecule has 2 rings (SSSR count). The van der Waals surface area contributed by atoms with Gasteiger partial charge in [-0.2, -0.15) is 0 Å². The Balaban J connectivity index is 2.01. The molecule has 28 heavy (non-hydrogen) atoms. The Hall–Kier alpha value is -2.22. The maximum absolute atomic E-state index is 13.3. The number of halogens is 4. The number of para-hydroxylation sites is 1. The Bertz CT molecular complexity index is 860. The summed E-state index contributed by atoms with van der Waals surface area (Å²) in [7, 11) is 0. The molecule has 0 radical (unpaired) electrons. The van der Waals surface area contributed by atoms with Crippen molar-refractivity contribution in [3.05, 3.63) is 58.1 Å². The van der Waals surface area contributed by atoms with Crippen LogP contribution in [0.2, 0.25) is 10.0 Å². The van der Waals surface area contributed by atoms with Gasteiger partial charge in [0.05, 0.1) is 28.3 Å². The predicted molar refractivity (Wildman–Crippen MR) is 107 cm³/mol. The summed E-state index contributed by atoms with van der Waals surface area (Å²) in [6.45, 7) is 3.70. The van der Waals surface area contributed by atoms with Crippen LogP contribution in [-0.2, 0) is 9.59 Å². The lowest BCUT2D eigenvalue weighted by Gasteiger charge is -2.26. The number of hydrogen-bond acceptors (Lipinski definition) is 3. The van der Waals surface area contributed by atoms with Crippen molar-refractivity contribution in [2.24, 2.45) is 0 Å². The van der Waals surface area contributed by atoms with Crippen LogP contribution in [0, 0.1) is 11.6 Å². The first kappa shape index (κ1) is 22.1. The summed E-state index contributed by atoms with van der Waals surface area (Å²) in [5.74, 6) is -2.93. The topological polar surface area (TPSA) is 61.4 Å². The summed E-state index contributed by atoms with van der Waals surface area (Å²) in [5.41, 5.74) is 0.421. The lowest BCUT2D eigenvalue weighted by Crippen LogP contribution is -2.45. The number of amides is 2. The average molecular weight is 430 g/mol. The SMILES string of the molecule is CCN(CC(=O)Nc1c(Cl)cccc1Cl)C(C)C(=O)Nc1ccc(F)c(F)c1. The number of likely N-dealkylation sites (N-methyl/N-ethyl adjacent to an activating group) is 1. The Morgan fingerprint density at radius 2 is 1.71 bits per heavy atom. The van der Waals surface area contributed by atoms with Crippen molar-refractivity contribution in [2.45, 2.75) is 19.9 Å². The predicted octanol–water partition coefficient (Wildman–Crippen LogP) is 4.56. The second-order valence-corrected chi connectivity index (χ2v) is 6.82. The van der Waals surface area contributed by atoms with Crippen LogP contribution in [0.15, 0.2) is 36.4 Å². The van der Waals surface area contributed by atoms with Gasteiger partial charge >= 0.3 is 0 Å². The number of carbonyl (C=O) groups is 2. The van der Waals surface area contributed by atoms with Crippen molar-refractivity contribution in [1.29, 1.82) is 0 Å². The highest BCUT2D eigenvalue weighted by Gasteiger charge is 2.23. The molecule has 0 saturated carbocycles. The van der Waals surface area contributed by atoms with Crippen LogP contribution in [0.3, 0.4) is 0 Å². The summed E-state index contributed by atoms with van der Waals surface area (Å²) >= 11 is 12.1. The summed E-state index contributed by atoms with van der Waals surface area (Å²) < 4.78 is 26.3. The molecule has 0 aliphatic heterocycles. The molecule has 0 aromatic heterocycles. The molecule has 150 valence electrons. The smallest absolute Gasteiger partial charge is 0.241 e. The van der Waals surface area contributed by atoms with Gasteiger partial charge in [-0.15, -0.1) is 0 Å². The van der Waals surface area contributed by atoms with E-state index >= 15 is 0 Å². The van der Waals surface area contributed by atoms with E-state index in [1.807, 2.05) is 0 Å². The number of nitrogens with one attached hydrogen (secondary N) is 2. The van der Waals surface area contributed by atoms with Crippen LogP contribution in [-0.4, -0.2) is 35.8 Å². The van der Waals surface area contributed by atoms with Gasteiger partial charge in [0, 0.05) is 11.8 Å². The molecule has 2 aromatic rings. The molecule has 1 atom stereocenters. The third-order valence-corrected chi connectivity index (χ3v) is 4.72. The van der Waals surface area contributed by atoms with E-state index in [0.717, 1.165) is 12.1 Å². The Morgan fingerprint density at radius 1 is 1.07 bits per heavy atom. The molecular formula is C19H19Cl2F2N3O2. The molecule has 2 aromatic carbocycles. The number of carbonyl (C=O) groups excluding carboxylic acids is 2. The molecule has 9 heteroatoms. The van der Waals surface area contributed by atoms with Crippen LogP contribution in [0.25, 0.3) is 0 Å². The van der Waals surface area contributed by atoms with Crippen LogP contribution < -0.4 is 10.6 Å². The van der Waals surface area contributed by atoms with Crippen molar-refractivity contribution in [1.82, 2.24) is 4.90 Å². The van der Waals surface area contributed by atoms with Crippen molar-refractivity contribution >= 4 is 46.4 Å². The fraction of sp³-hybridized carbons (Fsp3) is 0.263. The van der Waals surface area contributed by atoms with E-state index in [9.17, 15) is 18.4 Å². The minimum atomic E-state index is -1.06. The molecule has 0 aliphatic rings. The minimum absolute atomic E-state index is 0.0928. The maximum atomic E-state index is 13.3. The van der Waals surface area contributed by atoms with Gasteiger partial charge in [-0.3, -0.25) is 14.5 Å². The van der Waals surface area contributed by atoms with Gasteiger partial charge in [-0.1, -0.05) is 36.2 Å². The summed E-state index contributed by atoms with van der Waals surface area (Å²) in [4.78, 5) is 26.4. The lowest BCUT2D eigenvalue weighted by molar-refractivity contribution is -0.123. The zero-order chi connectivity index (χ0) is 20.8. The highest BCUT2D eigenvalue weighted by atomic mass is 35.5. The first-order valence-electron chi connectivity index (χ1n) is 8.46. The zero-order valence-corrected chi connectivity index (χ0v) is 16.7. The highest BCUT2D eigenvalue weighted by Crippen LogP contribution is 2.29. The number of rotatable bonds is 7. The number of hydrogen-bond donors (Lipinski definition) is 2. The fourth-order valence-corrected chi connectivity index (χ4v) is 2.98. The molecule has 0 bridgehead atoms. The Kier molecular flexibility index (Phi) is 7.74. The maximum Gasteiger partial charge on any atom is 0.241 e. The lowest BCUT2D eigenvalue weighted by atomic mass is 10.2. The summed E-state index contributed by atoms with van der Waals surface area (Å²) in [6, 6.07) is 7.22. The van der Waals surface area contributed by atoms with Crippen LogP contribution in [0.1, 0.15) is 13.8 Å². The fourth-order valence-electron chi connectivity index (χ4n) is 2.49. The van der Waals surface area contributed by atoms with E-state index in [4.69, 9.17) is 23.2 Å². The second-order valence-electron chi connectivity index (χ2n) is 6.00. The second kappa shape index (κ2) is 9.82. The van der Waals surface area contributed by atoms with Gasteiger partial charge in [0.2, 0.25) is 11.8 Å². The van der Waals surface area contributed by atoms with E-state index < -0.39 is 29.5 Å². The molecule has 1 unspecified atom stereocenters. The molecule has 2 amide bonds. The third-order valence-electron chi connectivity index (χ3n) is 4.09. The van der Waals surface area contributed by atoms with Crippen molar-refractivity contribution in [2.75, 3.05) is 23.7 Å². The molecule has 0 heterocycles. The normalized spacial score (nSPS) is 12.0. The van der Waals surface area contributed by atoms with Crippen molar-refractivity contribution < 1.29 is 18.4 Å². The van der Waals surface area contributed by atoms with Gasteiger partial charge < -0.3 is 10.6 Å². The van der Waals surface area contributed by atoms with E-state index in [-0.39, 0.29) is 12.2 Å². The van der Waals surface area contributed by atoms with E-state index in [2.05, 4.69) is 10.6 Å². The molecule has 0 fully saturated rings. The van der Waals surface area contributed by atoms with Crippen molar-refractivity contribution in [3.63, 3.8) is 0 Å². The van der Waals surface area contributed by atoms with Gasteiger partial charge in [0.25, 0.3) is 0 Å². The average Bonchev–Trinajstić information content (AvgIpc) is 2.65. The first-order chi connectivity index (χ1) is 13.2.